The number of aromatic nitrogens is 2. The Morgan fingerprint density at radius 3 is 2.57 bits per heavy atom. The van der Waals surface area contributed by atoms with Crippen LogP contribution in [0.3, 0.4) is 0 Å². The van der Waals surface area contributed by atoms with E-state index in [-0.39, 0.29) is 22.3 Å². The van der Waals surface area contributed by atoms with Gasteiger partial charge in [-0.05, 0) is 49.2 Å². The van der Waals surface area contributed by atoms with Gasteiger partial charge in [0.2, 0.25) is 0 Å². The molecule has 0 unspecified atom stereocenters. The van der Waals surface area contributed by atoms with Crippen molar-refractivity contribution < 1.29 is 18.3 Å². The highest BCUT2D eigenvalue weighted by molar-refractivity contribution is 8.00. The van der Waals surface area contributed by atoms with Crippen molar-refractivity contribution in [3.05, 3.63) is 58.9 Å². The third kappa shape index (κ3) is 4.38. The molecule has 0 aliphatic heterocycles. The number of hydrogen-bond acceptors (Lipinski definition) is 5. The summed E-state index contributed by atoms with van der Waals surface area (Å²) in [6, 6.07) is 12.9. The number of nitrogens with zero attached hydrogens (tertiary/aromatic N) is 2. The zero-order valence-electron chi connectivity index (χ0n) is 16.1. The quantitative estimate of drug-likeness (QED) is 0.422. The van der Waals surface area contributed by atoms with Gasteiger partial charge in [0.1, 0.15) is 11.5 Å². The largest absolute Gasteiger partial charge is 0.435 e. The number of fused-ring (bicyclic) bond motifs is 1. The molecule has 1 fully saturated rings. The predicted molar refractivity (Wildman–Crippen MR) is 112 cm³/mol. The van der Waals surface area contributed by atoms with Crippen molar-refractivity contribution >= 4 is 28.4 Å². The Morgan fingerprint density at radius 2 is 1.80 bits per heavy atom. The van der Waals surface area contributed by atoms with Crippen LogP contribution in [0.2, 0.25) is 0 Å². The number of ketones is 1. The van der Waals surface area contributed by atoms with Gasteiger partial charge in [-0.1, -0.05) is 36.7 Å². The van der Waals surface area contributed by atoms with Crippen molar-refractivity contribution in [3.8, 4) is 11.4 Å². The van der Waals surface area contributed by atoms with Crippen molar-refractivity contribution in [1.82, 2.24) is 9.55 Å². The third-order valence-electron chi connectivity index (χ3n) is 5.06. The van der Waals surface area contributed by atoms with E-state index >= 15 is 0 Å². The SMILES string of the molecule is O=C1CCCCC[C@@H]1Sc1nc2ccccc2c(=O)n1-c1ccc(OC(F)F)cc1. The van der Waals surface area contributed by atoms with E-state index in [0.717, 1.165) is 25.7 Å². The van der Waals surface area contributed by atoms with Crippen molar-refractivity contribution in [2.75, 3.05) is 0 Å². The maximum Gasteiger partial charge on any atom is 0.387 e. The number of benzene rings is 2. The lowest BCUT2D eigenvalue weighted by Crippen LogP contribution is -2.24. The molecule has 1 aliphatic carbocycles. The highest BCUT2D eigenvalue weighted by atomic mass is 32.2. The Hall–Kier alpha value is -2.74. The summed E-state index contributed by atoms with van der Waals surface area (Å²) in [6.07, 6.45) is 4.15. The average Bonchev–Trinajstić information content (AvgIpc) is 2.93. The molecule has 0 N–H and O–H groups in total. The van der Waals surface area contributed by atoms with Crippen molar-refractivity contribution in [2.24, 2.45) is 0 Å². The fraction of sp³-hybridized carbons (Fsp3) is 0.318. The molecule has 5 nitrogen and oxygen atoms in total. The molecule has 8 heteroatoms. The van der Waals surface area contributed by atoms with Crippen LogP contribution in [0, 0.1) is 0 Å². The first kappa shape index (κ1) is 20.5. The minimum atomic E-state index is -2.92. The fourth-order valence-electron chi connectivity index (χ4n) is 3.58. The molecule has 0 amide bonds. The molecular formula is C22H20F2N2O3S. The monoisotopic (exact) mass is 430 g/mol. The summed E-state index contributed by atoms with van der Waals surface area (Å²) in [5.74, 6) is 0.177. The lowest BCUT2D eigenvalue weighted by atomic mass is 10.2. The summed E-state index contributed by atoms with van der Waals surface area (Å²) in [4.78, 5) is 30.5. The van der Waals surface area contributed by atoms with Gasteiger partial charge in [0.05, 0.1) is 21.8 Å². The molecule has 0 bridgehead atoms. The van der Waals surface area contributed by atoms with Crippen LogP contribution in [0.4, 0.5) is 8.78 Å². The van der Waals surface area contributed by atoms with Crippen molar-refractivity contribution in [3.63, 3.8) is 0 Å². The molecule has 3 aromatic rings. The molecule has 0 radical (unpaired) electrons. The van der Waals surface area contributed by atoms with E-state index in [0.29, 0.717) is 28.2 Å². The first-order valence-electron chi connectivity index (χ1n) is 9.79. The molecule has 4 rings (SSSR count). The van der Waals surface area contributed by atoms with Crippen LogP contribution in [0.25, 0.3) is 16.6 Å². The van der Waals surface area contributed by atoms with E-state index in [4.69, 9.17) is 0 Å². The summed E-state index contributed by atoms with van der Waals surface area (Å²) in [7, 11) is 0. The van der Waals surface area contributed by atoms with Gasteiger partial charge >= 0.3 is 6.61 Å². The molecule has 1 atom stereocenters. The number of rotatable bonds is 5. The number of carbonyl (C=O) groups is 1. The Morgan fingerprint density at radius 1 is 1.03 bits per heavy atom. The van der Waals surface area contributed by atoms with E-state index in [9.17, 15) is 18.4 Å². The third-order valence-corrected chi connectivity index (χ3v) is 6.33. The van der Waals surface area contributed by atoms with E-state index in [1.807, 2.05) is 0 Å². The van der Waals surface area contributed by atoms with Gasteiger partial charge in [0, 0.05) is 6.42 Å². The molecule has 1 aromatic heterocycles. The van der Waals surface area contributed by atoms with Gasteiger partial charge in [-0.2, -0.15) is 8.78 Å². The second-order valence-electron chi connectivity index (χ2n) is 7.10. The maximum absolute atomic E-state index is 13.3. The number of Topliss-reactive ketones (excluding diaryl/α,β-unsaturated/α-hetero) is 1. The number of halogens is 2. The number of para-hydroxylation sites is 1. The molecule has 30 heavy (non-hydrogen) atoms. The lowest BCUT2D eigenvalue weighted by Gasteiger charge is -2.17. The second-order valence-corrected chi connectivity index (χ2v) is 8.27. The first-order chi connectivity index (χ1) is 14.5. The standard InChI is InChI=1S/C22H20F2N2O3S/c23-21(24)29-15-12-10-14(11-13-15)26-20(28)16-6-4-5-7-17(16)25-22(26)30-19-9-3-1-2-8-18(19)27/h4-7,10-13,19,21H,1-3,8-9H2/t19-/m0/s1. The van der Waals surface area contributed by atoms with Crippen LogP contribution in [0.1, 0.15) is 32.1 Å². The van der Waals surface area contributed by atoms with Gasteiger partial charge < -0.3 is 4.74 Å². The van der Waals surface area contributed by atoms with E-state index in [1.54, 1.807) is 24.3 Å². The summed E-state index contributed by atoms with van der Waals surface area (Å²) < 4.78 is 30.7. The average molecular weight is 430 g/mol. The molecule has 1 heterocycles. The minimum absolute atomic E-state index is 0.00342. The molecule has 0 saturated heterocycles. The number of carbonyl (C=O) groups excluding carboxylic acids is 1. The van der Waals surface area contributed by atoms with Crippen LogP contribution in [-0.2, 0) is 4.79 Å². The number of hydrogen-bond donors (Lipinski definition) is 0. The van der Waals surface area contributed by atoms with Crippen LogP contribution >= 0.6 is 11.8 Å². The topological polar surface area (TPSA) is 61.2 Å². The van der Waals surface area contributed by atoms with Crippen LogP contribution in [0.5, 0.6) is 5.75 Å². The van der Waals surface area contributed by atoms with Gasteiger partial charge in [-0.15, -0.1) is 0 Å². The molecule has 1 saturated carbocycles. The fourth-order valence-corrected chi connectivity index (χ4v) is 4.81. The van der Waals surface area contributed by atoms with Gasteiger partial charge in [0.25, 0.3) is 5.56 Å². The number of alkyl halides is 2. The second kappa shape index (κ2) is 8.95. The summed E-state index contributed by atoms with van der Waals surface area (Å²) >= 11 is 1.30. The Balaban J connectivity index is 1.80. The van der Waals surface area contributed by atoms with E-state index < -0.39 is 6.61 Å². The van der Waals surface area contributed by atoms with E-state index in [2.05, 4.69) is 9.72 Å². The summed E-state index contributed by atoms with van der Waals surface area (Å²) in [5, 5.41) is 0.608. The van der Waals surface area contributed by atoms with Gasteiger partial charge in [-0.3, -0.25) is 14.2 Å². The zero-order chi connectivity index (χ0) is 21.1. The van der Waals surface area contributed by atoms with Crippen LogP contribution in [0.15, 0.2) is 58.5 Å². The summed E-state index contributed by atoms with van der Waals surface area (Å²) in [5.41, 5.74) is 0.759. The lowest BCUT2D eigenvalue weighted by molar-refractivity contribution is -0.118. The highest BCUT2D eigenvalue weighted by Crippen LogP contribution is 2.31. The van der Waals surface area contributed by atoms with Gasteiger partial charge in [0.15, 0.2) is 5.16 Å². The van der Waals surface area contributed by atoms with Crippen molar-refractivity contribution in [1.29, 1.82) is 0 Å². The Kier molecular flexibility index (Phi) is 6.13. The number of ether oxygens (including phenoxy) is 1. The first-order valence-corrected chi connectivity index (χ1v) is 10.7. The Bertz CT molecular complexity index is 1120. The van der Waals surface area contributed by atoms with Crippen LogP contribution in [-0.4, -0.2) is 27.2 Å². The number of thioether (sulfide) groups is 1. The molecule has 2 aromatic carbocycles. The normalized spacial score (nSPS) is 17.3. The Labute approximate surface area is 176 Å². The molecule has 0 spiro atoms. The smallest absolute Gasteiger partial charge is 0.387 e. The van der Waals surface area contributed by atoms with Crippen LogP contribution < -0.4 is 10.3 Å². The minimum Gasteiger partial charge on any atom is -0.435 e. The summed E-state index contributed by atoms with van der Waals surface area (Å²) in [6.45, 7) is -2.92. The van der Waals surface area contributed by atoms with E-state index in [1.165, 1.54) is 40.6 Å². The molecule has 1 aliphatic rings. The van der Waals surface area contributed by atoms with Gasteiger partial charge in [-0.25, -0.2) is 4.98 Å². The molecule has 156 valence electrons. The van der Waals surface area contributed by atoms with Crippen molar-refractivity contribution in [2.45, 2.75) is 49.1 Å². The zero-order valence-corrected chi connectivity index (χ0v) is 16.9. The molecular weight excluding hydrogens is 410 g/mol. The predicted octanol–water partition coefficient (Wildman–Crippen LogP) is 4.98. The maximum atomic E-state index is 13.3. The highest BCUT2D eigenvalue weighted by Gasteiger charge is 2.25.